The molecule has 0 saturated heterocycles. The Morgan fingerprint density at radius 3 is 2.44 bits per heavy atom. The molecule has 96 valence electrons. The summed E-state index contributed by atoms with van der Waals surface area (Å²) < 4.78 is 5.33. The number of hydrogen-bond acceptors (Lipinski definition) is 2. The molecule has 2 aromatic rings. The molecule has 1 atom stereocenters. The number of aryl methyl sites for hydroxylation is 2. The Balaban J connectivity index is 2.37. The van der Waals surface area contributed by atoms with Gasteiger partial charge >= 0.3 is 0 Å². The highest BCUT2D eigenvalue weighted by Crippen LogP contribution is 2.33. The van der Waals surface area contributed by atoms with Crippen LogP contribution in [-0.2, 0) is 0 Å². The van der Waals surface area contributed by atoms with Crippen LogP contribution in [0.2, 0.25) is 0 Å². The summed E-state index contributed by atoms with van der Waals surface area (Å²) in [6, 6.07) is 10.7. The summed E-state index contributed by atoms with van der Waals surface area (Å²) in [5, 5.41) is 4.10. The molecule has 0 fully saturated rings. The van der Waals surface area contributed by atoms with Crippen molar-refractivity contribution in [3.05, 3.63) is 52.9 Å². The minimum atomic E-state index is 0.414. The van der Waals surface area contributed by atoms with Gasteiger partial charge in [-0.2, -0.15) is 0 Å². The van der Waals surface area contributed by atoms with Gasteiger partial charge in [0.15, 0.2) is 0 Å². The second-order valence-corrected chi connectivity index (χ2v) is 4.84. The van der Waals surface area contributed by atoms with Gasteiger partial charge in [0.05, 0.1) is 5.69 Å². The van der Waals surface area contributed by atoms with E-state index < -0.39 is 0 Å². The number of benzene rings is 1. The maximum Gasteiger partial charge on any atom is 0.137 e. The normalized spacial score (nSPS) is 12.6. The van der Waals surface area contributed by atoms with Gasteiger partial charge in [0.2, 0.25) is 0 Å². The van der Waals surface area contributed by atoms with Crippen molar-refractivity contribution < 1.29 is 4.52 Å². The van der Waals surface area contributed by atoms with Crippen molar-refractivity contribution in [2.24, 2.45) is 0 Å². The van der Waals surface area contributed by atoms with Gasteiger partial charge in [-0.25, -0.2) is 0 Å². The van der Waals surface area contributed by atoms with E-state index in [0.717, 1.165) is 17.9 Å². The van der Waals surface area contributed by atoms with Gasteiger partial charge in [-0.3, -0.25) is 0 Å². The van der Waals surface area contributed by atoms with Crippen LogP contribution in [0.1, 0.15) is 54.7 Å². The summed E-state index contributed by atoms with van der Waals surface area (Å²) in [7, 11) is 0. The smallest absolute Gasteiger partial charge is 0.137 e. The lowest BCUT2D eigenvalue weighted by Gasteiger charge is -2.17. The van der Waals surface area contributed by atoms with Crippen LogP contribution >= 0.6 is 0 Å². The molecule has 0 aliphatic rings. The van der Waals surface area contributed by atoms with Crippen LogP contribution in [0, 0.1) is 13.8 Å². The van der Waals surface area contributed by atoms with E-state index in [1.165, 1.54) is 24.0 Å². The predicted octanol–water partition coefficient (Wildman–Crippen LogP) is 4.61. The molecule has 0 bridgehead atoms. The zero-order chi connectivity index (χ0) is 13.0. The van der Waals surface area contributed by atoms with Gasteiger partial charge in [-0.15, -0.1) is 0 Å². The molecule has 1 heterocycles. The van der Waals surface area contributed by atoms with Crippen LogP contribution in [0.5, 0.6) is 0 Å². The molecule has 1 unspecified atom stereocenters. The Morgan fingerprint density at radius 2 is 1.89 bits per heavy atom. The third-order valence-corrected chi connectivity index (χ3v) is 3.49. The van der Waals surface area contributed by atoms with Crippen LogP contribution in [0.3, 0.4) is 0 Å². The monoisotopic (exact) mass is 243 g/mol. The second-order valence-electron chi connectivity index (χ2n) is 4.84. The van der Waals surface area contributed by atoms with E-state index in [1.54, 1.807) is 0 Å². The minimum absolute atomic E-state index is 0.414. The highest BCUT2D eigenvalue weighted by atomic mass is 16.5. The fourth-order valence-electron chi connectivity index (χ4n) is 2.56. The molecule has 0 N–H and O–H groups in total. The zero-order valence-corrected chi connectivity index (χ0v) is 11.4. The Hall–Kier alpha value is -1.57. The largest absolute Gasteiger partial charge is 0.361 e. The summed E-state index contributed by atoms with van der Waals surface area (Å²) in [6.45, 7) is 6.28. The summed E-state index contributed by atoms with van der Waals surface area (Å²) in [6.07, 6.45) is 3.60. The van der Waals surface area contributed by atoms with Crippen LogP contribution < -0.4 is 0 Å². The average Bonchev–Trinajstić information content (AvgIpc) is 2.72. The van der Waals surface area contributed by atoms with Gasteiger partial charge in [0.25, 0.3) is 0 Å². The maximum absolute atomic E-state index is 5.33. The number of nitrogens with zero attached hydrogens (tertiary/aromatic N) is 1. The number of hydrogen-bond donors (Lipinski definition) is 0. The molecule has 1 aromatic heterocycles. The highest BCUT2D eigenvalue weighted by molar-refractivity contribution is 5.35. The molecule has 0 spiro atoms. The first-order valence-electron chi connectivity index (χ1n) is 6.71. The van der Waals surface area contributed by atoms with E-state index in [-0.39, 0.29) is 0 Å². The van der Waals surface area contributed by atoms with Crippen LogP contribution in [0.25, 0.3) is 0 Å². The second kappa shape index (κ2) is 5.85. The van der Waals surface area contributed by atoms with Crippen molar-refractivity contribution in [2.75, 3.05) is 0 Å². The SMILES string of the molecule is CCCCC(c1ccccc1)c1c(C)noc1C. The Kier molecular flexibility index (Phi) is 4.19. The number of rotatable bonds is 5. The van der Waals surface area contributed by atoms with E-state index in [1.807, 2.05) is 13.8 Å². The minimum Gasteiger partial charge on any atom is -0.361 e. The third kappa shape index (κ3) is 2.63. The van der Waals surface area contributed by atoms with Crippen LogP contribution in [-0.4, -0.2) is 5.16 Å². The molecule has 0 saturated carbocycles. The topological polar surface area (TPSA) is 26.0 Å². The Bertz CT molecular complexity index is 468. The van der Waals surface area contributed by atoms with Crippen molar-refractivity contribution in [3.8, 4) is 0 Å². The summed E-state index contributed by atoms with van der Waals surface area (Å²) in [5.74, 6) is 1.37. The van der Waals surface area contributed by atoms with E-state index in [0.29, 0.717) is 5.92 Å². The molecule has 0 amide bonds. The molecule has 2 heteroatoms. The number of aromatic nitrogens is 1. The molecule has 1 aromatic carbocycles. The van der Waals surface area contributed by atoms with Crippen molar-refractivity contribution in [1.82, 2.24) is 5.16 Å². The third-order valence-electron chi connectivity index (χ3n) is 3.49. The van der Waals surface area contributed by atoms with E-state index >= 15 is 0 Å². The first kappa shape index (κ1) is 12.9. The number of unbranched alkanes of at least 4 members (excludes halogenated alkanes) is 1. The quantitative estimate of drug-likeness (QED) is 0.766. The highest BCUT2D eigenvalue weighted by Gasteiger charge is 2.21. The molecule has 2 rings (SSSR count). The lowest BCUT2D eigenvalue weighted by Crippen LogP contribution is -2.03. The van der Waals surface area contributed by atoms with Gasteiger partial charge in [0.1, 0.15) is 5.76 Å². The lowest BCUT2D eigenvalue weighted by molar-refractivity contribution is 0.391. The summed E-state index contributed by atoms with van der Waals surface area (Å²) in [5.41, 5.74) is 3.66. The van der Waals surface area contributed by atoms with E-state index in [4.69, 9.17) is 4.52 Å². The molecule has 0 aliphatic heterocycles. The van der Waals surface area contributed by atoms with Crippen molar-refractivity contribution >= 4 is 0 Å². The average molecular weight is 243 g/mol. The van der Waals surface area contributed by atoms with Crippen molar-refractivity contribution in [1.29, 1.82) is 0 Å². The maximum atomic E-state index is 5.33. The first-order valence-corrected chi connectivity index (χ1v) is 6.71. The fourth-order valence-corrected chi connectivity index (χ4v) is 2.56. The van der Waals surface area contributed by atoms with Crippen LogP contribution in [0.15, 0.2) is 34.9 Å². The summed E-state index contributed by atoms with van der Waals surface area (Å²) >= 11 is 0. The molecule has 18 heavy (non-hydrogen) atoms. The zero-order valence-electron chi connectivity index (χ0n) is 11.4. The molecular weight excluding hydrogens is 222 g/mol. The predicted molar refractivity (Wildman–Crippen MR) is 73.8 cm³/mol. The van der Waals surface area contributed by atoms with Gasteiger partial charge in [-0.05, 0) is 25.8 Å². The van der Waals surface area contributed by atoms with Crippen molar-refractivity contribution in [3.63, 3.8) is 0 Å². The Morgan fingerprint density at radius 1 is 1.17 bits per heavy atom. The molecular formula is C16H21NO. The molecule has 0 radical (unpaired) electrons. The van der Waals surface area contributed by atoms with Crippen LogP contribution in [0.4, 0.5) is 0 Å². The van der Waals surface area contributed by atoms with Crippen molar-refractivity contribution in [2.45, 2.75) is 46.0 Å². The molecule has 2 nitrogen and oxygen atoms in total. The van der Waals surface area contributed by atoms with E-state index in [9.17, 15) is 0 Å². The first-order chi connectivity index (χ1) is 8.74. The van der Waals surface area contributed by atoms with E-state index in [2.05, 4.69) is 42.4 Å². The summed E-state index contributed by atoms with van der Waals surface area (Å²) in [4.78, 5) is 0. The molecule has 0 aliphatic carbocycles. The standard InChI is InChI=1S/C16H21NO/c1-4-5-11-15(14-9-7-6-8-10-14)16-12(2)17-18-13(16)3/h6-10,15H,4-5,11H2,1-3H3. The van der Waals surface area contributed by atoms with Gasteiger partial charge < -0.3 is 4.52 Å². The lowest BCUT2D eigenvalue weighted by atomic mass is 9.86. The van der Waals surface area contributed by atoms with Gasteiger partial charge in [-0.1, -0.05) is 55.3 Å². The Labute approximate surface area is 109 Å². The van der Waals surface area contributed by atoms with Gasteiger partial charge in [0, 0.05) is 11.5 Å². The fraction of sp³-hybridized carbons (Fsp3) is 0.438.